The van der Waals surface area contributed by atoms with Gasteiger partial charge in [-0.05, 0) is 51.3 Å². The summed E-state index contributed by atoms with van der Waals surface area (Å²) in [5, 5.41) is 12.7. The normalized spacial score (nSPS) is 16.8. The molecule has 0 atom stereocenters. The molecule has 0 bridgehead atoms. The monoisotopic (exact) mass is 498 g/mol. The number of para-hydroxylation sites is 2. The minimum absolute atomic E-state index is 0.302. The number of carboxylic acid groups (broad SMARTS) is 1. The zero-order valence-electron chi connectivity index (χ0n) is 21.1. The molecule has 4 N–H and O–H groups in total. The summed E-state index contributed by atoms with van der Waals surface area (Å²) < 4.78 is 5.83. The predicted octanol–water partition coefficient (Wildman–Crippen LogP) is 2.05. The van der Waals surface area contributed by atoms with Gasteiger partial charge in [0.25, 0.3) is 0 Å². The van der Waals surface area contributed by atoms with Crippen molar-refractivity contribution in [3.05, 3.63) is 24.3 Å². The van der Waals surface area contributed by atoms with Crippen molar-refractivity contribution in [2.24, 2.45) is 11.7 Å². The molecular formula is C25H38N8O3. The molecular weight excluding hydrogens is 460 g/mol. The molecule has 2 aromatic rings. The van der Waals surface area contributed by atoms with Gasteiger partial charge < -0.3 is 35.6 Å². The number of nitrogens with zero attached hydrogens (tertiary/aromatic N) is 6. The molecule has 0 saturated carbocycles. The lowest BCUT2D eigenvalue weighted by molar-refractivity contribution is -0.142. The van der Waals surface area contributed by atoms with E-state index in [9.17, 15) is 9.90 Å². The fourth-order valence-electron chi connectivity index (χ4n) is 4.66. The second-order valence-electron chi connectivity index (χ2n) is 9.16. The maximum Gasteiger partial charge on any atom is 0.306 e. The number of aromatic nitrogens is 3. The number of carbonyl (C=O) groups is 1. The molecule has 0 spiro atoms. The first-order valence-corrected chi connectivity index (χ1v) is 13.0. The Morgan fingerprint density at radius 2 is 1.64 bits per heavy atom. The maximum atomic E-state index is 11.4. The summed E-state index contributed by atoms with van der Waals surface area (Å²) in [5.41, 5.74) is 6.74. The van der Waals surface area contributed by atoms with Crippen LogP contribution in [0.15, 0.2) is 24.3 Å². The summed E-state index contributed by atoms with van der Waals surface area (Å²) in [4.78, 5) is 32.2. The van der Waals surface area contributed by atoms with Gasteiger partial charge in [-0.15, -0.1) is 0 Å². The molecule has 2 aliphatic heterocycles. The van der Waals surface area contributed by atoms with Crippen LogP contribution in [0.2, 0.25) is 0 Å². The van der Waals surface area contributed by atoms with E-state index in [1.54, 1.807) is 0 Å². The minimum Gasteiger partial charge on any atom is -0.492 e. The summed E-state index contributed by atoms with van der Waals surface area (Å²) in [5.74, 6) is 1.69. The van der Waals surface area contributed by atoms with Crippen molar-refractivity contribution in [1.29, 1.82) is 0 Å². The van der Waals surface area contributed by atoms with E-state index in [2.05, 4.69) is 31.1 Å². The lowest BCUT2D eigenvalue weighted by Gasteiger charge is -2.37. The van der Waals surface area contributed by atoms with E-state index in [4.69, 9.17) is 20.4 Å². The van der Waals surface area contributed by atoms with Gasteiger partial charge in [0.2, 0.25) is 17.8 Å². The Labute approximate surface area is 212 Å². The van der Waals surface area contributed by atoms with Gasteiger partial charge in [0.1, 0.15) is 5.75 Å². The number of benzene rings is 1. The van der Waals surface area contributed by atoms with Gasteiger partial charge in [-0.3, -0.25) is 4.79 Å². The molecule has 4 rings (SSSR count). The van der Waals surface area contributed by atoms with Crippen molar-refractivity contribution in [2.75, 3.05) is 79.0 Å². The Balaban J connectivity index is 1.47. The number of unbranched alkanes of at least 4 members (excludes halogenated alkanes) is 1. The van der Waals surface area contributed by atoms with E-state index in [1.165, 1.54) is 0 Å². The molecule has 1 aromatic heterocycles. The summed E-state index contributed by atoms with van der Waals surface area (Å²) in [7, 11) is 0. The van der Waals surface area contributed by atoms with E-state index in [1.807, 2.05) is 25.1 Å². The van der Waals surface area contributed by atoms with Gasteiger partial charge in [-0.2, -0.15) is 15.0 Å². The fourth-order valence-corrected chi connectivity index (χ4v) is 4.66. The number of anilines is 4. The van der Waals surface area contributed by atoms with Gasteiger partial charge in [-0.25, -0.2) is 0 Å². The molecule has 1 aromatic carbocycles. The topological polar surface area (TPSA) is 133 Å². The first-order chi connectivity index (χ1) is 17.6. The van der Waals surface area contributed by atoms with Crippen LogP contribution in [-0.4, -0.2) is 85.0 Å². The third kappa shape index (κ3) is 6.45. The molecule has 2 fully saturated rings. The summed E-state index contributed by atoms with van der Waals surface area (Å²) in [6, 6.07) is 8.16. The molecule has 11 heteroatoms. The first-order valence-electron chi connectivity index (χ1n) is 13.0. The van der Waals surface area contributed by atoms with E-state index >= 15 is 0 Å². The Hall–Kier alpha value is -3.34. The van der Waals surface area contributed by atoms with E-state index in [0.29, 0.717) is 56.9 Å². The van der Waals surface area contributed by atoms with E-state index in [0.717, 1.165) is 57.0 Å². The zero-order chi connectivity index (χ0) is 25.3. The second-order valence-corrected chi connectivity index (χ2v) is 9.16. The Morgan fingerprint density at radius 3 is 2.28 bits per heavy atom. The summed E-state index contributed by atoms with van der Waals surface area (Å²) >= 11 is 0. The number of piperazine rings is 1. The summed E-state index contributed by atoms with van der Waals surface area (Å²) in [6.07, 6.45) is 3.06. The predicted molar refractivity (Wildman–Crippen MR) is 141 cm³/mol. The number of nitrogens with two attached hydrogens (primary N) is 1. The van der Waals surface area contributed by atoms with Crippen LogP contribution < -0.4 is 30.5 Å². The highest BCUT2D eigenvalue weighted by Gasteiger charge is 2.28. The number of aliphatic carboxylic acids is 1. The number of carboxylic acids is 1. The average Bonchev–Trinajstić information content (AvgIpc) is 2.92. The van der Waals surface area contributed by atoms with Crippen LogP contribution in [0.25, 0.3) is 0 Å². The second kappa shape index (κ2) is 12.6. The van der Waals surface area contributed by atoms with Gasteiger partial charge in [-0.1, -0.05) is 12.1 Å². The molecule has 36 heavy (non-hydrogen) atoms. The van der Waals surface area contributed by atoms with Crippen LogP contribution in [-0.2, 0) is 4.79 Å². The molecule has 196 valence electrons. The Kier molecular flexibility index (Phi) is 8.99. The maximum absolute atomic E-state index is 11.4. The number of hydrogen-bond donors (Lipinski definition) is 3. The quantitative estimate of drug-likeness (QED) is 0.393. The van der Waals surface area contributed by atoms with Crippen LogP contribution in [0.4, 0.5) is 23.5 Å². The molecule has 0 radical (unpaired) electrons. The molecule has 0 amide bonds. The lowest BCUT2D eigenvalue weighted by atomic mass is 9.97. The smallest absolute Gasteiger partial charge is 0.306 e. The van der Waals surface area contributed by atoms with Crippen LogP contribution in [0.1, 0.15) is 32.6 Å². The van der Waals surface area contributed by atoms with Crippen LogP contribution in [0.5, 0.6) is 5.75 Å². The largest absolute Gasteiger partial charge is 0.492 e. The zero-order valence-corrected chi connectivity index (χ0v) is 21.1. The molecule has 0 unspecified atom stereocenters. The molecule has 2 aliphatic rings. The molecule has 2 saturated heterocycles. The van der Waals surface area contributed by atoms with Crippen molar-refractivity contribution in [3.63, 3.8) is 0 Å². The number of ether oxygens (including phenoxy) is 1. The molecule has 3 heterocycles. The van der Waals surface area contributed by atoms with E-state index in [-0.39, 0.29) is 5.92 Å². The Bertz CT molecular complexity index is 991. The van der Waals surface area contributed by atoms with Crippen molar-refractivity contribution < 1.29 is 14.6 Å². The minimum atomic E-state index is -0.725. The number of piperidine rings is 1. The third-order valence-electron chi connectivity index (χ3n) is 6.72. The van der Waals surface area contributed by atoms with E-state index < -0.39 is 5.97 Å². The van der Waals surface area contributed by atoms with Crippen molar-refractivity contribution in [1.82, 2.24) is 15.0 Å². The summed E-state index contributed by atoms with van der Waals surface area (Å²) in [6.45, 7) is 8.48. The highest BCUT2D eigenvalue weighted by Crippen LogP contribution is 2.30. The van der Waals surface area contributed by atoms with Crippen molar-refractivity contribution in [3.8, 4) is 5.75 Å². The average molecular weight is 499 g/mol. The van der Waals surface area contributed by atoms with Crippen molar-refractivity contribution >= 4 is 29.5 Å². The highest BCUT2D eigenvalue weighted by molar-refractivity contribution is 5.70. The SMILES string of the molecule is CCOc1ccccc1N1CCN(c2nc(NCCCCN)nc(N3CCC(C(=O)O)CC3)n2)CC1. The lowest BCUT2D eigenvalue weighted by Crippen LogP contribution is -2.47. The standard InChI is InChI=1S/C25H38N8O3/c1-2-36-21-8-4-3-7-20(21)31-15-17-33(18-16-31)25-29-23(27-12-6-5-11-26)28-24(30-25)32-13-9-19(10-14-32)22(34)35/h3-4,7-8,19H,2,5-6,9-18,26H2,1H3,(H,34,35)(H,27,28,29,30). The Morgan fingerprint density at radius 1 is 1.00 bits per heavy atom. The van der Waals surface area contributed by atoms with Crippen LogP contribution in [0, 0.1) is 5.92 Å². The van der Waals surface area contributed by atoms with Crippen LogP contribution >= 0.6 is 0 Å². The number of rotatable bonds is 11. The van der Waals surface area contributed by atoms with Gasteiger partial charge in [0, 0.05) is 45.8 Å². The van der Waals surface area contributed by atoms with Gasteiger partial charge in [0.05, 0.1) is 18.2 Å². The van der Waals surface area contributed by atoms with Gasteiger partial charge >= 0.3 is 5.97 Å². The first kappa shape index (κ1) is 25.7. The molecule has 11 nitrogen and oxygen atoms in total. The fraction of sp³-hybridized carbons (Fsp3) is 0.600. The van der Waals surface area contributed by atoms with Crippen molar-refractivity contribution in [2.45, 2.75) is 32.6 Å². The number of hydrogen-bond acceptors (Lipinski definition) is 10. The van der Waals surface area contributed by atoms with Gasteiger partial charge in [0.15, 0.2) is 0 Å². The molecule has 0 aliphatic carbocycles. The number of nitrogens with one attached hydrogen (secondary N) is 1. The van der Waals surface area contributed by atoms with Crippen LogP contribution in [0.3, 0.4) is 0 Å². The third-order valence-corrected chi connectivity index (χ3v) is 6.72. The highest BCUT2D eigenvalue weighted by atomic mass is 16.5.